The van der Waals surface area contributed by atoms with E-state index in [0.29, 0.717) is 0 Å². The Hall–Kier alpha value is -1.44. The SMILES string of the molecule is CCCCC/C=C\c1cc(O)cc(O)c1. The highest BCUT2D eigenvalue weighted by atomic mass is 16.3. The molecule has 2 nitrogen and oxygen atoms in total. The van der Waals surface area contributed by atoms with E-state index in [2.05, 4.69) is 13.0 Å². The van der Waals surface area contributed by atoms with Crippen molar-refractivity contribution in [3.63, 3.8) is 0 Å². The first-order valence-electron chi connectivity index (χ1n) is 5.42. The van der Waals surface area contributed by atoms with E-state index in [9.17, 15) is 10.2 Å². The van der Waals surface area contributed by atoms with Crippen LogP contribution < -0.4 is 0 Å². The van der Waals surface area contributed by atoms with Crippen molar-refractivity contribution in [2.24, 2.45) is 0 Å². The third kappa shape index (κ3) is 4.54. The first-order chi connectivity index (χ1) is 7.22. The maximum Gasteiger partial charge on any atom is 0.119 e. The van der Waals surface area contributed by atoms with Crippen LogP contribution in [-0.4, -0.2) is 10.2 Å². The number of phenols is 2. The molecule has 82 valence electrons. The third-order valence-electron chi connectivity index (χ3n) is 2.21. The van der Waals surface area contributed by atoms with Gasteiger partial charge in [-0.15, -0.1) is 0 Å². The standard InChI is InChI=1S/C13H18O2/c1-2-3-4-5-6-7-11-8-12(14)10-13(15)9-11/h6-10,14-15H,2-5H2,1H3/b7-6-. The van der Waals surface area contributed by atoms with Crippen LogP contribution in [0.2, 0.25) is 0 Å². The van der Waals surface area contributed by atoms with Gasteiger partial charge in [0.25, 0.3) is 0 Å². The topological polar surface area (TPSA) is 40.5 Å². The summed E-state index contributed by atoms with van der Waals surface area (Å²) in [6, 6.07) is 4.60. The average Bonchev–Trinajstić information content (AvgIpc) is 2.16. The van der Waals surface area contributed by atoms with Crippen molar-refractivity contribution >= 4 is 6.08 Å². The van der Waals surface area contributed by atoms with Crippen molar-refractivity contribution in [2.75, 3.05) is 0 Å². The molecule has 0 aromatic heterocycles. The second kappa shape index (κ2) is 6.12. The molecule has 0 saturated heterocycles. The van der Waals surface area contributed by atoms with E-state index in [1.807, 2.05) is 6.08 Å². The summed E-state index contributed by atoms with van der Waals surface area (Å²) >= 11 is 0. The van der Waals surface area contributed by atoms with Gasteiger partial charge in [-0.3, -0.25) is 0 Å². The molecule has 15 heavy (non-hydrogen) atoms. The smallest absolute Gasteiger partial charge is 0.119 e. The lowest BCUT2D eigenvalue weighted by Gasteiger charge is -1.98. The van der Waals surface area contributed by atoms with Crippen LogP contribution in [-0.2, 0) is 0 Å². The molecule has 2 N–H and O–H groups in total. The molecule has 0 aliphatic rings. The number of rotatable bonds is 5. The summed E-state index contributed by atoms with van der Waals surface area (Å²) in [4.78, 5) is 0. The van der Waals surface area contributed by atoms with Crippen LogP contribution in [0.1, 0.15) is 38.2 Å². The van der Waals surface area contributed by atoms with Crippen LogP contribution in [0.4, 0.5) is 0 Å². The van der Waals surface area contributed by atoms with Crippen molar-refractivity contribution in [1.29, 1.82) is 0 Å². The number of phenolic OH excluding ortho intramolecular Hbond substituents is 2. The Morgan fingerprint density at radius 3 is 2.33 bits per heavy atom. The summed E-state index contributed by atoms with van der Waals surface area (Å²) in [5, 5.41) is 18.5. The molecule has 0 spiro atoms. The molecule has 1 rings (SSSR count). The van der Waals surface area contributed by atoms with Gasteiger partial charge < -0.3 is 10.2 Å². The van der Waals surface area contributed by atoms with Crippen LogP contribution in [0.25, 0.3) is 6.08 Å². The molecule has 0 aliphatic carbocycles. The molecule has 0 atom stereocenters. The lowest BCUT2D eigenvalue weighted by atomic mass is 10.1. The van der Waals surface area contributed by atoms with Crippen molar-refractivity contribution in [2.45, 2.75) is 32.6 Å². The summed E-state index contributed by atoms with van der Waals surface area (Å²) in [5.41, 5.74) is 0.837. The second-order valence-corrected chi connectivity index (χ2v) is 3.68. The predicted molar refractivity (Wildman–Crippen MR) is 62.9 cm³/mol. The molecule has 0 unspecified atom stereocenters. The lowest BCUT2D eigenvalue weighted by Crippen LogP contribution is -1.74. The normalized spacial score (nSPS) is 11.0. The number of benzene rings is 1. The Labute approximate surface area is 90.9 Å². The van der Waals surface area contributed by atoms with Crippen LogP contribution in [0.15, 0.2) is 24.3 Å². The first kappa shape index (κ1) is 11.6. The molecule has 2 heteroatoms. The molecule has 0 heterocycles. The van der Waals surface area contributed by atoms with E-state index in [0.717, 1.165) is 12.0 Å². The van der Waals surface area contributed by atoms with Gasteiger partial charge in [0.05, 0.1) is 0 Å². The fourth-order valence-electron chi connectivity index (χ4n) is 1.45. The Morgan fingerprint density at radius 1 is 1.07 bits per heavy atom. The van der Waals surface area contributed by atoms with E-state index < -0.39 is 0 Å². The molecule has 1 aromatic rings. The molecule has 0 fully saturated rings. The quantitative estimate of drug-likeness (QED) is 0.721. The molecule has 0 bridgehead atoms. The maximum absolute atomic E-state index is 9.24. The van der Waals surface area contributed by atoms with Crippen molar-refractivity contribution in [3.8, 4) is 11.5 Å². The molecule has 0 amide bonds. The summed E-state index contributed by atoms with van der Waals surface area (Å²) in [5.74, 6) is 0.200. The summed E-state index contributed by atoms with van der Waals surface area (Å²) < 4.78 is 0. The monoisotopic (exact) mass is 206 g/mol. The fraction of sp³-hybridized carbons (Fsp3) is 0.385. The highest BCUT2D eigenvalue weighted by molar-refractivity contribution is 5.54. The van der Waals surface area contributed by atoms with Gasteiger partial charge in [-0.25, -0.2) is 0 Å². The maximum atomic E-state index is 9.24. The van der Waals surface area contributed by atoms with Crippen LogP contribution in [0.5, 0.6) is 11.5 Å². The van der Waals surface area contributed by atoms with Gasteiger partial charge in [-0.1, -0.05) is 31.9 Å². The highest BCUT2D eigenvalue weighted by Gasteiger charge is 1.95. The van der Waals surface area contributed by atoms with E-state index in [1.54, 1.807) is 12.1 Å². The molecule has 0 saturated carbocycles. The number of hydrogen-bond acceptors (Lipinski definition) is 2. The summed E-state index contributed by atoms with van der Waals surface area (Å²) in [6.07, 6.45) is 8.71. The van der Waals surface area contributed by atoms with E-state index in [-0.39, 0.29) is 11.5 Å². The lowest BCUT2D eigenvalue weighted by molar-refractivity contribution is 0.450. The van der Waals surface area contributed by atoms with Gasteiger partial charge >= 0.3 is 0 Å². The van der Waals surface area contributed by atoms with Gasteiger partial charge in [-0.2, -0.15) is 0 Å². The van der Waals surface area contributed by atoms with Gasteiger partial charge in [0, 0.05) is 6.07 Å². The van der Waals surface area contributed by atoms with Gasteiger partial charge in [0.15, 0.2) is 0 Å². The molecular formula is C13H18O2. The predicted octanol–water partition coefficient (Wildman–Crippen LogP) is 3.69. The minimum absolute atomic E-state index is 0.100. The fourth-order valence-corrected chi connectivity index (χ4v) is 1.45. The molecule has 1 aromatic carbocycles. The van der Waals surface area contributed by atoms with Gasteiger partial charge in [-0.05, 0) is 30.5 Å². The van der Waals surface area contributed by atoms with Gasteiger partial charge in [0.1, 0.15) is 11.5 Å². The molecule has 0 aliphatic heterocycles. The van der Waals surface area contributed by atoms with Crippen LogP contribution in [0.3, 0.4) is 0 Å². The van der Waals surface area contributed by atoms with Crippen molar-refractivity contribution in [1.82, 2.24) is 0 Å². The average molecular weight is 206 g/mol. The Kier molecular flexibility index (Phi) is 4.75. The zero-order valence-corrected chi connectivity index (χ0v) is 9.11. The van der Waals surface area contributed by atoms with Crippen LogP contribution in [0, 0.1) is 0 Å². The second-order valence-electron chi connectivity index (χ2n) is 3.68. The number of aromatic hydroxyl groups is 2. The third-order valence-corrected chi connectivity index (χ3v) is 2.21. The zero-order valence-electron chi connectivity index (χ0n) is 9.11. The number of unbranched alkanes of at least 4 members (excludes halogenated alkanes) is 3. The number of allylic oxidation sites excluding steroid dienone is 1. The number of hydrogen-bond donors (Lipinski definition) is 2. The summed E-state index contributed by atoms with van der Waals surface area (Å²) in [7, 11) is 0. The van der Waals surface area contributed by atoms with Crippen LogP contribution >= 0.6 is 0 Å². The zero-order chi connectivity index (χ0) is 11.1. The van der Waals surface area contributed by atoms with E-state index in [1.165, 1.54) is 25.3 Å². The summed E-state index contributed by atoms with van der Waals surface area (Å²) in [6.45, 7) is 2.18. The first-order valence-corrected chi connectivity index (χ1v) is 5.42. The van der Waals surface area contributed by atoms with Gasteiger partial charge in [0.2, 0.25) is 0 Å². The Morgan fingerprint density at radius 2 is 1.73 bits per heavy atom. The van der Waals surface area contributed by atoms with E-state index in [4.69, 9.17) is 0 Å². The minimum Gasteiger partial charge on any atom is -0.508 e. The minimum atomic E-state index is 0.100. The molecular weight excluding hydrogens is 188 g/mol. The Bertz CT molecular complexity index is 309. The largest absolute Gasteiger partial charge is 0.508 e. The van der Waals surface area contributed by atoms with Crippen molar-refractivity contribution in [3.05, 3.63) is 29.8 Å². The highest BCUT2D eigenvalue weighted by Crippen LogP contribution is 2.21. The van der Waals surface area contributed by atoms with E-state index >= 15 is 0 Å². The molecule has 0 radical (unpaired) electrons. The van der Waals surface area contributed by atoms with Crippen molar-refractivity contribution < 1.29 is 10.2 Å². The Balaban J connectivity index is 2.49.